The predicted molar refractivity (Wildman–Crippen MR) is 121 cm³/mol. The van der Waals surface area contributed by atoms with Gasteiger partial charge in [0.2, 0.25) is 15.9 Å². The van der Waals surface area contributed by atoms with Gasteiger partial charge in [-0.1, -0.05) is 32.1 Å². The zero-order valence-corrected chi connectivity index (χ0v) is 19.7. The van der Waals surface area contributed by atoms with E-state index in [2.05, 4.69) is 10.6 Å². The van der Waals surface area contributed by atoms with Gasteiger partial charge in [0.05, 0.1) is 10.6 Å². The van der Waals surface area contributed by atoms with Crippen LogP contribution in [0.1, 0.15) is 70.3 Å². The van der Waals surface area contributed by atoms with Gasteiger partial charge in [-0.2, -0.15) is 4.31 Å². The molecule has 1 aromatic carbocycles. The highest BCUT2D eigenvalue weighted by Crippen LogP contribution is 2.37. The summed E-state index contributed by atoms with van der Waals surface area (Å²) in [7, 11) is -3.90. The van der Waals surface area contributed by atoms with Crippen molar-refractivity contribution < 1.29 is 22.7 Å². The van der Waals surface area contributed by atoms with Gasteiger partial charge in [-0.15, -0.1) is 0 Å². The van der Waals surface area contributed by atoms with E-state index >= 15 is 0 Å². The second kappa shape index (κ2) is 9.39. The van der Waals surface area contributed by atoms with E-state index in [-0.39, 0.29) is 22.8 Å². The van der Waals surface area contributed by atoms with E-state index in [0.717, 1.165) is 25.7 Å². The lowest BCUT2D eigenvalue weighted by Gasteiger charge is -2.28. The molecular weight excluding hydrogens is 430 g/mol. The van der Waals surface area contributed by atoms with E-state index in [1.165, 1.54) is 29.6 Å². The van der Waals surface area contributed by atoms with E-state index in [1.54, 1.807) is 19.9 Å². The maximum absolute atomic E-state index is 13.6. The van der Waals surface area contributed by atoms with E-state index in [4.69, 9.17) is 4.74 Å². The largest absolute Gasteiger partial charge is 0.479 e. The van der Waals surface area contributed by atoms with E-state index in [0.29, 0.717) is 36.4 Å². The summed E-state index contributed by atoms with van der Waals surface area (Å²) < 4.78 is 34.2. The molecule has 1 aliphatic carbocycles. The lowest BCUT2D eigenvalue weighted by molar-refractivity contribution is -0.125. The minimum atomic E-state index is -3.90. The third-order valence-electron chi connectivity index (χ3n) is 6.75. The number of carbonyl (C=O) groups excluding carboxylic acids is 2. The van der Waals surface area contributed by atoms with Crippen LogP contribution in [0.3, 0.4) is 0 Å². The summed E-state index contributed by atoms with van der Waals surface area (Å²) in [4.78, 5) is 25.1. The van der Waals surface area contributed by atoms with E-state index in [9.17, 15) is 18.0 Å². The number of hydrogen-bond acceptors (Lipinski definition) is 5. The molecule has 0 spiro atoms. The molecule has 2 aliphatic heterocycles. The standard InChI is InChI=1S/C23H33N3O5S/c1-15-13-18-20(31-16(2)22(27)25-18)14-21(15)32(29,30)26-12-8-11-19(26)23(28)24-17-9-6-4-3-5-7-10-17/h13-14,16-17,19H,3-12H2,1-2H3,(H,24,28)(H,25,27)/t16-,19-/m0/s1. The van der Waals surface area contributed by atoms with Crippen molar-refractivity contribution >= 4 is 27.5 Å². The lowest BCUT2D eigenvalue weighted by Crippen LogP contribution is -2.49. The molecule has 1 aromatic rings. The molecule has 32 heavy (non-hydrogen) atoms. The molecule has 176 valence electrons. The first-order valence-corrected chi connectivity index (χ1v) is 13.2. The molecule has 4 rings (SSSR count). The van der Waals surface area contributed by atoms with Gasteiger partial charge in [-0.25, -0.2) is 8.42 Å². The molecule has 0 unspecified atom stereocenters. The Balaban J connectivity index is 1.54. The fourth-order valence-corrected chi connectivity index (χ4v) is 6.81. The molecule has 2 atom stereocenters. The molecule has 2 fully saturated rings. The topological polar surface area (TPSA) is 105 Å². The van der Waals surface area contributed by atoms with Gasteiger partial charge in [0, 0.05) is 18.7 Å². The van der Waals surface area contributed by atoms with Crippen molar-refractivity contribution in [3.8, 4) is 5.75 Å². The first-order chi connectivity index (χ1) is 15.3. The third-order valence-corrected chi connectivity index (χ3v) is 8.80. The molecule has 8 nitrogen and oxygen atoms in total. The van der Waals surface area contributed by atoms with Crippen molar-refractivity contribution in [3.63, 3.8) is 0 Å². The van der Waals surface area contributed by atoms with Crippen molar-refractivity contribution in [2.24, 2.45) is 0 Å². The Morgan fingerprint density at radius 2 is 1.78 bits per heavy atom. The number of amides is 2. The molecule has 2 amide bonds. The average molecular weight is 464 g/mol. The Bertz CT molecular complexity index is 986. The van der Waals surface area contributed by atoms with Gasteiger partial charge >= 0.3 is 0 Å². The minimum Gasteiger partial charge on any atom is -0.479 e. The Labute approximate surface area is 190 Å². The predicted octanol–water partition coefficient (Wildman–Crippen LogP) is 3.10. The normalized spacial score (nSPS) is 25.2. The van der Waals surface area contributed by atoms with Crippen LogP contribution in [0.2, 0.25) is 0 Å². The molecule has 3 aliphatic rings. The van der Waals surface area contributed by atoms with Gasteiger partial charge in [0.15, 0.2) is 6.10 Å². The van der Waals surface area contributed by atoms with Gasteiger partial charge < -0.3 is 15.4 Å². The maximum atomic E-state index is 13.6. The molecule has 1 saturated heterocycles. The van der Waals surface area contributed by atoms with Crippen molar-refractivity contribution in [2.75, 3.05) is 11.9 Å². The minimum absolute atomic E-state index is 0.116. The van der Waals surface area contributed by atoms with Crippen LogP contribution in [0.15, 0.2) is 17.0 Å². The molecule has 2 heterocycles. The number of rotatable bonds is 4. The Kier molecular flexibility index (Phi) is 6.76. The summed E-state index contributed by atoms with van der Waals surface area (Å²) >= 11 is 0. The maximum Gasteiger partial charge on any atom is 0.265 e. The number of ether oxygens (including phenoxy) is 1. The van der Waals surface area contributed by atoms with Crippen LogP contribution in [-0.2, 0) is 19.6 Å². The molecule has 2 N–H and O–H groups in total. The molecule has 9 heteroatoms. The summed E-state index contributed by atoms with van der Waals surface area (Å²) in [6, 6.07) is 2.52. The van der Waals surface area contributed by atoms with Crippen molar-refractivity contribution in [3.05, 3.63) is 17.7 Å². The van der Waals surface area contributed by atoms with Crippen LogP contribution in [0.25, 0.3) is 0 Å². The molecule has 1 saturated carbocycles. The molecular formula is C23H33N3O5S. The summed E-state index contributed by atoms with van der Waals surface area (Å²) in [5.41, 5.74) is 0.970. The second-order valence-electron chi connectivity index (χ2n) is 9.19. The number of sulfonamides is 1. The van der Waals surface area contributed by atoms with Gasteiger partial charge in [-0.3, -0.25) is 9.59 Å². The number of nitrogens with zero attached hydrogens (tertiary/aromatic N) is 1. The average Bonchev–Trinajstić information content (AvgIpc) is 3.22. The number of anilines is 1. The lowest BCUT2D eigenvalue weighted by atomic mass is 9.96. The highest BCUT2D eigenvalue weighted by Gasteiger charge is 2.41. The van der Waals surface area contributed by atoms with Crippen LogP contribution < -0.4 is 15.4 Å². The number of nitrogens with one attached hydrogen (secondary N) is 2. The van der Waals surface area contributed by atoms with Crippen LogP contribution in [0.5, 0.6) is 5.75 Å². The smallest absolute Gasteiger partial charge is 0.265 e. The van der Waals surface area contributed by atoms with Gasteiger partial charge in [-0.05, 0) is 51.2 Å². The summed E-state index contributed by atoms with van der Waals surface area (Å²) in [6.07, 6.45) is 8.20. The van der Waals surface area contributed by atoms with E-state index < -0.39 is 22.2 Å². The fraction of sp³-hybridized carbons (Fsp3) is 0.652. The van der Waals surface area contributed by atoms with Crippen LogP contribution in [0, 0.1) is 6.92 Å². The van der Waals surface area contributed by atoms with Crippen molar-refractivity contribution in [1.82, 2.24) is 9.62 Å². The first-order valence-electron chi connectivity index (χ1n) is 11.7. The zero-order valence-electron chi connectivity index (χ0n) is 18.9. The summed E-state index contributed by atoms with van der Waals surface area (Å²) in [5, 5.41) is 5.88. The molecule has 0 radical (unpaired) electrons. The third kappa shape index (κ3) is 4.64. The Morgan fingerprint density at radius 3 is 2.50 bits per heavy atom. The number of aryl methyl sites for hydroxylation is 1. The monoisotopic (exact) mass is 463 g/mol. The van der Waals surface area contributed by atoms with Gasteiger partial charge in [0.25, 0.3) is 5.91 Å². The highest BCUT2D eigenvalue weighted by molar-refractivity contribution is 7.89. The van der Waals surface area contributed by atoms with Crippen LogP contribution in [-0.4, -0.2) is 49.3 Å². The number of carbonyl (C=O) groups is 2. The first kappa shape index (κ1) is 23.0. The molecule has 0 aromatic heterocycles. The second-order valence-corrected chi connectivity index (χ2v) is 11.0. The highest BCUT2D eigenvalue weighted by atomic mass is 32.2. The van der Waals surface area contributed by atoms with E-state index in [1.807, 2.05) is 0 Å². The van der Waals surface area contributed by atoms with Crippen molar-refractivity contribution in [2.45, 2.75) is 94.7 Å². The molecule has 0 bridgehead atoms. The fourth-order valence-electron chi connectivity index (χ4n) is 4.93. The van der Waals surface area contributed by atoms with Crippen LogP contribution >= 0.6 is 0 Å². The number of fused-ring (bicyclic) bond motifs is 1. The van der Waals surface area contributed by atoms with Crippen molar-refractivity contribution in [1.29, 1.82) is 0 Å². The SMILES string of the molecule is Cc1cc2c(cc1S(=O)(=O)N1CCC[C@H]1C(=O)NC1CCCCCCC1)O[C@@H](C)C(=O)N2. The van der Waals surface area contributed by atoms with Gasteiger partial charge in [0.1, 0.15) is 11.8 Å². The van der Waals surface area contributed by atoms with Crippen LogP contribution in [0.4, 0.5) is 5.69 Å². The number of hydrogen-bond donors (Lipinski definition) is 2. The Hall–Kier alpha value is -2.13. The zero-order chi connectivity index (χ0) is 22.9. The quantitative estimate of drug-likeness (QED) is 0.714. The summed E-state index contributed by atoms with van der Waals surface area (Å²) in [6.45, 7) is 3.62. The Morgan fingerprint density at radius 1 is 1.09 bits per heavy atom. The number of benzene rings is 1. The summed E-state index contributed by atoms with van der Waals surface area (Å²) in [5.74, 6) is -0.126.